The Bertz CT molecular complexity index is 513. The number of hydrogen-bond acceptors (Lipinski definition) is 5. The second-order valence-corrected chi connectivity index (χ2v) is 4.57. The molecule has 0 aromatic carbocycles. The first-order chi connectivity index (χ1) is 9.77. The molecule has 20 heavy (non-hydrogen) atoms. The average Bonchev–Trinajstić information content (AvgIpc) is 2.52. The summed E-state index contributed by atoms with van der Waals surface area (Å²) in [6.45, 7) is 1.14. The van der Waals surface area contributed by atoms with Crippen molar-refractivity contribution in [3.63, 3.8) is 0 Å². The molecule has 106 valence electrons. The molecule has 1 amide bonds. The van der Waals surface area contributed by atoms with E-state index in [1.165, 1.54) is 0 Å². The Hall–Kier alpha value is -1.97. The van der Waals surface area contributed by atoms with Crippen molar-refractivity contribution in [3.05, 3.63) is 29.6 Å². The van der Waals surface area contributed by atoms with Crippen LogP contribution in [0.15, 0.2) is 18.3 Å². The topological polar surface area (TPSA) is 86.5 Å². The highest BCUT2D eigenvalue weighted by Gasteiger charge is 2.28. The molecule has 1 aromatic heterocycles. The highest BCUT2D eigenvalue weighted by molar-refractivity contribution is 5.95. The molecule has 1 aliphatic heterocycles. The van der Waals surface area contributed by atoms with Gasteiger partial charge in [0.2, 0.25) is 0 Å². The summed E-state index contributed by atoms with van der Waals surface area (Å²) < 4.78 is 5.27. The van der Waals surface area contributed by atoms with Gasteiger partial charge in [0.05, 0.1) is 43.2 Å². The van der Waals surface area contributed by atoms with Crippen LogP contribution in [0, 0.1) is 11.3 Å². The molecule has 6 heteroatoms. The van der Waals surface area contributed by atoms with Gasteiger partial charge in [0.15, 0.2) is 0 Å². The molecular formula is C14H17N3O3. The molecule has 1 unspecified atom stereocenters. The van der Waals surface area contributed by atoms with Gasteiger partial charge in [0, 0.05) is 25.6 Å². The van der Waals surface area contributed by atoms with E-state index < -0.39 is 0 Å². The van der Waals surface area contributed by atoms with Gasteiger partial charge in [-0.25, -0.2) is 0 Å². The van der Waals surface area contributed by atoms with Crippen LogP contribution in [0.2, 0.25) is 0 Å². The van der Waals surface area contributed by atoms with Crippen LogP contribution < -0.4 is 0 Å². The first-order valence-electron chi connectivity index (χ1n) is 6.58. The lowest BCUT2D eigenvalue weighted by Gasteiger charge is -2.34. The van der Waals surface area contributed by atoms with E-state index in [1.54, 1.807) is 23.2 Å². The van der Waals surface area contributed by atoms with Crippen molar-refractivity contribution in [1.29, 1.82) is 5.26 Å². The summed E-state index contributed by atoms with van der Waals surface area (Å²) in [5, 5.41) is 18.0. The molecule has 6 nitrogen and oxygen atoms in total. The number of aryl methyl sites for hydroxylation is 1. The number of ether oxygens (including phenoxy) is 1. The van der Waals surface area contributed by atoms with E-state index in [4.69, 9.17) is 10.00 Å². The van der Waals surface area contributed by atoms with Crippen LogP contribution in [0.3, 0.4) is 0 Å². The third kappa shape index (κ3) is 3.13. The van der Waals surface area contributed by atoms with Crippen molar-refractivity contribution >= 4 is 5.91 Å². The zero-order chi connectivity index (χ0) is 14.4. The van der Waals surface area contributed by atoms with E-state index in [-0.39, 0.29) is 18.6 Å². The minimum Gasteiger partial charge on any atom is -0.394 e. The maximum atomic E-state index is 12.6. The van der Waals surface area contributed by atoms with E-state index in [2.05, 4.69) is 11.1 Å². The zero-order valence-corrected chi connectivity index (χ0v) is 11.2. The summed E-state index contributed by atoms with van der Waals surface area (Å²) in [4.78, 5) is 18.4. The molecule has 1 aromatic rings. The highest BCUT2D eigenvalue weighted by Crippen LogP contribution is 2.15. The summed E-state index contributed by atoms with van der Waals surface area (Å²) in [6, 6.07) is 5.16. The summed E-state index contributed by atoms with van der Waals surface area (Å²) >= 11 is 0. The third-order valence-corrected chi connectivity index (χ3v) is 3.29. The average molecular weight is 275 g/mol. The van der Waals surface area contributed by atoms with E-state index in [0.29, 0.717) is 43.9 Å². The van der Waals surface area contributed by atoms with E-state index in [0.717, 1.165) is 0 Å². The van der Waals surface area contributed by atoms with Gasteiger partial charge in [-0.2, -0.15) is 5.26 Å². The minimum atomic E-state index is -0.319. The van der Waals surface area contributed by atoms with Crippen LogP contribution in [0.4, 0.5) is 0 Å². The summed E-state index contributed by atoms with van der Waals surface area (Å²) in [7, 11) is 0. The summed E-state index contributed by atoms with van der Waals surface area (Å²) in [6.07, 6.45) is 2.39. The lowest BCUT2D eigenvalue weighted by molar-refractivity contribution is -0.0184. The first kappa shape index (κ1) is 14.4. The van der Waals surface area contributed by atoms with Gasteiger partial charge in [-0.15, -0.1) is 0 Å². The fourth-order valence-corrected chi connectivity index (χ4v) is 2.23. The van der Waals surface area contributed by atoms with Crippen molar-refractivity contribution in [2.24, 2.45) is 0 Å². The predicted octanol–water partition coefficient (Wildman–Crippen LogP) is 0.371. The van der Waals surface area contributed by atoms with Gasteiger partial charge in [-0.1, -0.05) is 0 Å². The monoisotopic (exact) mass is 275 g/mol. The predicted molar refractivity (Wildman–Crippen MR) is 70.9 cm³/mol. The maximum absolute atomic E-state index is 12.6. The number of aromatic nitrogens is 1. The normalized spacial score (nSPS) is 18.6. The Balaban J connectivity index is 2.21. The standard InChI is InChI=1S/C14H17N3O3/c15-5-1-4-13-12(3-2-6-16-13)14(19)17-7-8-20-10-11(17)9-18/h2-3,6,11,18H,1,4,7-10H2. The zero-order valence-electron chi connectivity index (χ0n) is 11.2. The Morgan fingerprint density at radius 2 is 2.50 bits per heavy atom. The number of morpholine rings is 1. The Morgan fingerprint density at radius 3 is 3.25 bits per heavy atom. The number of pyridine rings is 1. The van der Waals surface area contributed by atoms with Crippen LogP contribution in [-0.4, -0.2) is 53.3 Å². The molecule has 0 spiro atoms. The molecule has 0 radical (unpaired) electrons. The third-order valence-electron chi connectivity index (χ3n) is 3.29. The summed E-state index contributed by atoms with van der Waals surface area (Å²) in [5.41, 5.74) is 1.13. The lowest BCUT2D eigenvalue weighted by atomic mass is 10.1. The van der Waals surface area contributed by atoms with Crippen molar-refractivity contribution < 1.29 is 14.6 Å². The van der Waals surface area contributed by atoms with Gasteiger partial charge in [-0.3, -0.25) is 9.78 Å². The Morgan fingerprint density at radius 1 is 1.65 bits per heavy atom. The van der Waals surface area contributed by atoms with Crippen molar-refractivity contribution in [1.82, 2.24) is 9.88 Å². The number of nitriles is 1. The van der Waals surface area contributed by atoms with Gasteiger partial charge in [0.1, 0.15) is 0 Å². The van der Waals surface area contributed by atoms with Crippen LogP contribution in [0.25, 0.3) is 0 Å². The van der Waals surface area contributed by atoms with Crippen LogP contribution in [0.1, 0.15) is 22.5 Å². The molecule has 1 atom stereocenters. The van der Waals surface area contributed by atoms with Crippen LogP contribution in [0.5, 0.6) is 0 Å². The molecule has 2 heterocycles. The smallest absolute Gasteiger partial charge is 0.256 e. The molecule has 1 fully saturated rings. The van der Waals surface area contributed by atoms with Crippen molar-refractivity contribution in [2.45, 2.75) is 18.9 Å². The fourth-order valence-electron chi connectivity index (χ4n) is 2.23. The molecule has 0 saturated carbocycles. The Labute approximate surface area is 117 Å². The van der Waals surface area contributed by atoms with Gasteiger partial charge in [-0.05, 0) is 12.1 Å². The van der Waals surface area contributed by atoms with Gasteiger partial charge >= 0.3 is 0 Å². The molecule has 2 rings (SSSR count). The number of carbonyl (C=O) groups excluding carboxylic acids is 1. The minimum absolute atomic E-state index is 0.125. The number of carbonyl (C=O) groups is 1. The van der Waals surface area contributed by atoms with Crippen molar-refractivity contribution in [3.8, 4) is 6.07 Å². The number of amides is 1. The van der Waals surface area contributed by atoms with E-state index >= 15 is 0 Å². The second-order valence-electron chi connectivity index (χ2n) is 4.57. The number of hydrogen-bond donors (Lipinski definition) is 1. The van der Waals surface area contributed by atoms with Crippen LogP contribution >= 0.6 is 0 Å². The van der Waals surface area contributed by atoms with Gasteiger partial charge in [0.25, 0.3) is 5.91 Å². The maximum Gasteiger partial charge on any atom is 0.256 e. The summed E-state index contributed by atoms with van der Waals surface area (Å²) in [5.74, 6) is -0.159. The largest absolute Gasteiger partial charge is 0.394 e. The lowest BCUT2D eigenvalue weighted by Crippen LogP contribution is -2.50. The second kappa shape index (κ2) is 6.98. The molecule has 0 aliphatic carbocycles. The molecule has 1 N–H and O–H groups in total. The van der Waals surface area contributed by atoms with Gasteiger partial charge < -0.3 is 14.7 Å². The van der Waals surface area contributed by atoms with Crippen molar-refractivity contribution in [2.75, 3.05) is 26.4 Å². The molecule has 1 saturated heterocycles. The van der Waals surface area contributed by atoms with Crippen LogP contribution in [-0.2, 0) is 11.2 Å². The number of aliphatic hydroxyl groups excluding tert-OH is 1. The quantitative estimate of drug-likeness (QED) is 0.858. The SMILES string of the molecule is N#CCCc1ncccc1C(=O)N1CCOCC1CO. The first-order valence-corrected chi connectivity index (χ1v) is 6.58. The number of rotatable bonds is 4. The van der Waals surface area contributed by atoms with E-state index in [1.807, 2.05) is 0 Å². The molecule has 1 aliphatic rings. The Kier molecular flexibility index (Phi) is 5.04. The molecular weight excluding hydrogens is 258 g/mol. The van der Waals surface area contributed by atoms with E-state index in [9.17, 15) is 9.90 Å². The number of aliphatic hydroxyl groups is 1. The number of nitrogens with zero attached hydrogens (tertiary/aromatic N) is 3. The molecule has 0 bridgehead atoms. The highest BCUT2D eigenvalue weighted by atomic mass is 16.5. The fraction of sp³-hybridized carbons (Fsp3) is 0.500.